The average Bonchev–Trinajstić information content (AvgIpc) is 4.00. The smallest absolute Gasteiger partial charge is 0.235 e. The highest BCUT2D eigenvalue weighted by Crippen LogP contribution is 2.45. The van der Waals surface area contributed by atoms with Gasteiger partial charge in [-0.1, -0.05) is 147 Å². The van der Waals surface area contributed by atoms with Gasteiger partial charge < -0.3 is 4.40 Å². The molecule has 0 saturated heterocycles. The van der Waals surface area contributed by atoms with Crippen molar-refractivity contribution >= 4 is 105 Å². The molecule has 4 nitrogen and oxygen atoms in total. The van der Waals surface area contributed by atoms with Crippen molar-refractivity contribution in [2.75, 3.05) is 6.26 Å². The first-order valence-corrected chi connectivity index (χ1v) is 24.3. The van der Waals surface area contributed by atoms with Gasteiger partial charge in [0.1, 0.15) is 0 Å². The molecule has 5 heteroatoms. The third-order valence-electron chi connectivity index (χ3n) is 14.9. The SMILES string of the molecule is CSC1(C)C=CC=CC1c1ccc2ccc3c(c2c1)c1cc(-c2ccc4c(c2)c2ccccc2n4-c2nc(-c4ccccc4)c4ccc5ccccc5c4n2)cc2c4c(n3c21)=CCC(C)C=4. The third-order valence-corrected chi connectivity index (χ3v) is 16.2. The topological polar surface area (TPSA) is 35.1 Å². The van der Waals surface area contributed by atoms with Crippen LogP contribution in [0.15, 0.2) is 176 Å². The van der Waals surface area contributed by atoms with Crippen molar-refractivity contribution in [3.05, 3.63) is 192 Å². The third kappa shape index (κ3) is 5.35. The summed E-state index contributed by atoms with van der Waals surface area (Å²) in [7, 11) is 0. The summed E-state index contributed by atoms with van der Waals surface area (Å²) in [4.78, 5) is 10.9. The molecule has 14 rings (SSSR count). The number of aromatic nitrogens is 4. The van der Waals surface area contributed by atoms with E-state index in [4.69, 9.17) is 9.97 Å². The molecule has 0 amide bonds. The number of benzene rings is 8. The summed E-state index contributed by atoms with van der Waals surface area (Å²) >= 11 is 1.93. The normalized spacial score (nSPS) is 18.4. The van der Waals surface area contributed by atoms with E-state index in [0.717, 1.165) is 50.4 Å². The maximum absolute atomic E-state index is 5.45. The van der Waals surface area contributed by atoms with E-state index in [1.165, 1.54) is 76.0 Å². The van der Waals surface area contributed by atoms with Crippen LogP contribution < -0.4 is 10.6 Å². The van der Waals surface area contributed by atoms with Crippen molar-refractivity contribution in [3.63, 3.8) is 0 Å². The number of para-hydroxylation sites is 1. The molecule has 0 aliphatic heterocycles. The molecule has 4 heterocycles. The Balaban J connectivity index is 1.02. The lowest BCUT2D eigenvalue weighted by molar-refractivity contribution is 0.690. The Kier molecular flexibility index (Phi) is 8.04. The molecular weight excluding hydrogens is 821 g/mol. The van der Waals surface area contributed by atoms with Crippen LogP contribution in [0.4, 0.5) is 0 Å². The quantitative estimate of drug-likeness (QED) is 0.162. The molecule has 3 unspecified atom stereocenters. The second-order valence-electron chi connectivity index (χ2n) is 18.7. The van der Waals surface area contributed by atoms with E-state index in [1.54, 1.807) is 0 Å². The van der Waals surface area contributed by atoms with E-state index in [0.29, 0.717) is 11.9 Å². The lowest BCUT2D eigenvalue weighted by atomic mass is 9.82. The van der Waals surface area contributed by atoms with Gasteiger partial charge in [0.2, 0.25) is 5.95 Å². The molecule has 8 aromatic carbocycles. The molecule has 0 spiro atoms. The molecule has 0 saturated carbocycles. The van der Waals surface area contributed by atoms with E-state index in [1.807, 2.05) is 11.8 Å². The molecule has 0 bridgehead atoms. The predicted molar refractivity (Wildman–Crippen MR) is 282 cm³/mol. The van der Waals surface area contributed by atoms with Crippen molar-refractivity contribution in [1.82, 2.24) is 18.9 Å². The van der Waals surface area contributed by atoms with Crippen molar-refractivity contribution in [2.45, 2.75) is 30.9 Å². The van der Waals surface area contributed by atoms with Crippen LogP contribution in [0.25, 0.3) is 122 Å². The van der Waals surface area contributed by atoms with E-state index >= 15 is 0 Å². The molecular formula is C61H44N4S. The van der Waals surface area contributed by atoms with E-state index in [9.17, 15) is 0 Å². The van der Waals surface area contributed by atoms with Gasteiger partial charge in [-0.15, -0.1) is 0 Å². The molecule has 0 radical (unpaired) electrons. The van der Waals surface area contributed by atoms with Gasteiger partial charge in [0.15, 0.2) is 0 Å². The van der Waals surface area contributed by atoms with Crippen LogP contribution in [0.3, 0.4) is 0 Å². The summed E-state index contributed by atoms with van der Waals surface area (Å²) < 4.78 is 4.82. The summed E-state index contributed by atoms with van der Waals surface area (Å²) in [5.74, 6) is 1.42. The summed E-state index contributed by atoms with van der Waals surface area (Å²) in [6.45, 7) is 4.71. The van der Waals surface area contributed by atoms with Gasteiger partial charge in [0.05, 0.1) is 33.3 Å². The monoisotopic (exact) mass is 864 g/mol. The highest BCUT2D eigenvalue weighted by atomic mass is 32.2. The Morgan fingerprint density at radius 3 is 2.24 bits per heavy atom. The highest BCUT2D eigenvalue weighted by molar-refractivity contribution is 8.00. The minimum atomic E-state index is -0.0137. The van der Waals surface area contributed by atoms with Crippen LogP contribution >= 0.6 is 11.8 Å². The Labute approximate surface area is 385 Å². The first kappa shape index (κ1) is 37.9. The molecule has 0 fully saturated rings. The number of rotatable bonds is 5. The zero-order valence-corrected chi connectivity index (χ0v) is 37.8. The van der Waals surface area contributed by atoms with Gasteiger partial charge in [-0.2, -0.15) is 11.8 Å². The van der Waals surface area contributed by atoms with Crippen LogP contribution in [0, 0.1) is 5.92 Å². The van der Waals surface area contributed by atoms with Gasteiger partial charge in [-0.3, -0.25) is 4.57 Å². The van der Waals surface area contributed by atoms with E-state index in [-0.39, 0.29) is 10.7 Å². The number of hydrogen-bond donors (Lipinski definition) is 0. The van der Waals surface area contributed by atoms with Crippen molar-refractivity contribution in [2.24, 2.45) is 5.92 Å². The van der Waals surface area contributed by atoms with Crippen molar-refractivity contribution < 1.29 is 0 Å². The van der Waals surface area contributed by atoms with Crippen LogP contribution in [0.2, 0.25) is 0 Å². The number of thioether (sulfide) groups is 1. The molecule has 66 heavy (non-hydrogen) atoms. The fraction of sp³-hybridized carbons (Fsp3) is 0.115. The van der Waals surface area contributed by atoms with Gasteiger partial charge in [0.25, 0.3) is 0 Å². The van der Waals surface area contributed by atoms with Crippen LogP contribution in [0.1, 0.15) is 31.7 Å². The van der Waals surface area contributed by atoms with Gasteiger partial charge in [0, 0.05) is 64.5 Å². The van der Waals surface area contributed by atoms with Crippen LogP contribution in [0.5, 0.6) is 0 Å². The van der Waals surface area contributed by atoms with Gasteiger partial charge in [-0.25, -0.2) is 9.97 Å². The lowest BCUT2D eigenvalue weighted by Crippen LogP contribution is -2.29. The number of fused-ring (bicyclic) bond motifs is 14. The molecule has 0 N–H and O–H groups in total. The lowest BCUT2D eigenvalue weighted by Gasteiger charge is -2.34. The first-order chi connectivity index (χ1) is 32.4. The summed E-state index contributed by atoms with van der Waals surface area (Å²) in [5, 5.41) is 14.9. The van der Waals surface area contributed by atoms with E-state index < -0.39 is 0 Å². The van der Waals surface area contributed by atoms with Crippen LogP contribution in [-0.4, -0.2) is 29.9 Å². The van der Waals surface area contributed by atoms with Crippen molar-refractivity contribution in [3.8, 4) is 28.3 Å². The summed E-state index contributed by atoms with van der Waals surface area (Å²) in [6.07, 6.45) is 17.4. The van der Waals surface area contributed by atoms with E-state index in [2.05, 4.69) is 217 Å². The fourth-order valence-corrected chi connectivity index (χ4v) is 12.3. The number of allylic oxidation sites excluding steroid dienone is 3. The molecule has 2 aliphatic carbocycles. The van der Waals surface area contributed by atoms with Gasteiger partial charge in [-0.05, 0) is 107 Å². The number of hydrogen-bond acceptors (Lipinski definition) is 3. The molecule has 4 aromatic heterocycles. The van der Waals surface area contributed by atoms with Crippen molar-refractivity contribution in [1.29, 1.82) is 0 Å². The molecule has 2 aliphatic rings. The average molecular weight is 865 g/mol. The summed E-state index contributed by atoms with van der Waals surface area (Å²) in [6, 6.07) is 56.0. The molecule has 314 valence electrons. The minimum absolute atomic E-state index is 0.0137. The Bertz CT molecular complexity index is 4230. The second-order valence-corrected chi connectivity index (χ2v) is 20.0. The second kappa shape index (κ2) is 14.0. The Hall–Kier alpha value is -7.47. The molecule has 3 atom stereocenters. The minimum Gasteiger partial charge on any atom is -0.308 e. The fourth-order valence-electron chi connectivity index (χ4n) is 11.6. The summed E-state index contributed by atoms with van der Waals surface area (Å²) in [5.41, 5.74) is 11.5. The standard InChI is InChI=1S/C61H44N4S/c1-36-20-27-53-47(31-36)49-34-42(35-50-56-46-33-41(51-18-11-12-30-61(51,2)66-3)22-21-38(46)24-29-55(56)64(53)59(49)50)40-25-28-54-48(32-40)44-17-9-10-19-52(44)65(54)60-62-57(39-14-5-4-6-15-39)45-26-23-37-13-7-8-16-43(37)58(45)63-60/h4-19,21-36,51H,20H2,1-3H3. The maximum atomic E-state index is 5.45. The highest BCUT2D eigenvalue weighted by Gasteiger charge is 2.32. The Morgan fingerprint density at radius 2 is 1.35 bits per heavy atom. The number of nitrogens with zero attached hydrogens (tertiary/aromatic N) is 4. The first-order valence-electron chi connectivity index (χ1n) is 23.1. The van der Waals surface area contributed by atoms with Crippen LogP contribution in [-0.2, 0) is 0 Å². The maximum Gasteiger partial charge on any atom is 0.235 e. The zero-order chi connectivity index (χ0) is 43.8. The zero-order valence-electron chi connectivity index (χ0n) is 37.0. The van der Waals surface area contributed by atoms with Gasteiger partial charge >= 0.3 is 0 Å². The largest absolute Gasteiger partial charge is 0.308 e. The molecule has 12 aromatic rings. The Morgan fingerprint density at radius 1 is 0.606 bits per heavy atom. The predicted octanol–water partition coefficient (Wildman–Crippen LogP) is 14.3.